The van der Waals surface area contributed by atoms with Gasteiger partial charge in [-0.25, -0.2) is 4.79 Å². The van der Waals surface area contributed by atoms with E-state index in [0.717, 1.165) is 36.6 Å². The van der Waals surface area contributed by atoms with Crippen LogP contribution >= 0.6 is 11.8 Å². The fourth-order valence-electron chi connectivity index (χ4n) is 4.16. The molecule has 0 unspecified atom stereocenters. The van der Waals surface area contributed by atoms with Gasteiger partial charge in [-0.3, -0.25) is 4.79 Å². The van der Waals surface area contributed by atoms with Crippen molar-refractivity contribution in [3.8, 4) is 11.5 Å². The summed E-state index contributed by atoms with van der Waals surface area (Å²) < 4.78 is 10.4. The molecule has 1 N–H and O–H groups in total. The number of amides is 3. The third kappa shape index (κ3) is 4.44. The van der Waals surface area contributed by atoms with Crippen molar-refractivity contribution in [2.24, 2.45) is 0 Å². The van der Waals surface area contributed by atoms with E-state index in [-0.39, 0.29) is 16.8 Å². The van der Waals surface area contributed by atoms with Crippen LogP contribution in [0, 0.1) is 0 Å². The van der Waals surface area contributed by atoms with Crippen LogP contribution in [0.3, 0.4) is 0 Å². The van der Waals surface area contributed by atoms with Crippen molar-refractivity contribution in [2.75, 3.05) is 44.9 Å². The number of piperidine rings is 1. The number of carbonyl (C=O) groups is 2. The van der Waals surface area contributed by atoms with Crippen LogP contribution in [0.1, 0.15) is 23.2 Å². The van der Waals surface area contributed by atoms with E-state index in [4.69, 9.17) is 9.47 Å². The van der Waals surface area contributed by atoms with Gasteiger partial charge in [-0.15, -0.1) is 11.8 Å². The minimum Gasteiger partial charge on any atom is -0.497 e. The summed E-state index contributed by atoms with van der Waals surface area (Å²) in [4.78, 5) is 29.5. The number of ether oxygens (including phenoxy) is 2. The molecule has 2 aliphatic heterocycles. The Labute approximate surface area is 186 Å². The number of thioether (sulfide) groups is 1. The number of likely N-dealkylation sites (tertiary alicyclic amines) is 1. The zero-order valence-corrected chi connectivity index (χ0v) is 18.6. The molecule has 8 heteroatoms. The molecule has 2 fully saturated rings. The third-order valence-electron chi connectivity index (χ3n) is 5.91. The second kappa shape index (κ2) is 9.09. The number of hydrogen-bond donors (Lipinski definition) is 1. The number of nitrogens with zero attached hydrogens (tertiary/aromatic N) is 2. The summed E-state index contributed by atoms with van der Waals surface area (Å²) in [5.74, 6) is 2.36. The van der Waals surface area contributed by atoms with Crippen LogP contribution in [-0.2, 0) is 0 Å². The molecule has 0 saturated carbocycles. The molecule has 3 amide bonds. The van der Waals surface area contributed by atoms with Crippen molar-refractivity contribution < 1.29 is 19.1 Å². The van der Waals surface area contributed by atoms with Gasteiger partial charge >= 0.3 is 6.03 Å². The van der Waals surface area contributed by atoms with Gasteiger partial charge in [0.25, 0.3) is 5.91 Å². The minimum absolute atomic E-state index is 0.0278. The lowest BCUT2D eigenvalue weighted by Gasteiger charge is -2.44. The SMILES string of the molecule is COc1ccc(NC(=O)N2CCC3(CC2)SCCN3C(=O)c2cccc(OC)c2)cc1. The maximum Gasteiger partial charge on any atom is 0.321 e. The molecule has 0 radical (unpaired) electrons. The van der Waals surface area contributed by atoms with E-state index in [1.165, 1.54) is 0 Å². The van der Waals surface area contributed by atoms with Crippen LogP contribution in [0.25, 0.3) is 0 Å². The molecular weight excluding hydrogens is 414 g/mol. The van der Waals surface area contributed by atoms with Crippen molar-refractivity contribution in [2.45, 2.75) is 17.7 Å². The van der Waals surface area contributed by atoms with Crippen LogP contribution in [0.15, 0.2) is 48.5 Å². The Morgan fingerprint density at radius 2 is 1.68 bits per heavy atom. The second-order valence-electron chi connectivity index (χ2n) is 7.63. The van der Waals surface area contributed by atoms with Crippen LogP contribution in [0.2, 0.25) is 0 Å². The van der Waals surface area contributed by atoms with Crippen LogP contribution in [-0.4, -0.2) is 66.2 Å². The fraction of sp³-hybridized carbons (Fsp3) is 0.391. The maximum atomic E-state index is 13.3. The summed E-state index contributed by atoms with van der Waals surface area (Å²) in [6, 6.07) is 14.5. The Balaban J connectivity index is 1.39. The predicted octanol–water partition coefficient (Wildman–Crippen LogP) is 3.92. The largest absolute Gasteiger partial charge is 0.497 e. The molecule has 2 aliphatic rings. The molecular formula is C23H27N3O4S. The Morgan fingerprint density at radius 1 is 0.968 bits per heavy atom. The van der Waals surface area contributed by atoms with E-state index in [2.05, 4.69) is 5.32 Å². The Morgan fingerprint density at radius 3 is 2.35 bits per heavy atom. The molecule has 0 atom stereocenters. The van der Waals surface area contributed by atoms with E-state index in [9.17, 15) is 9.59 Å². The van der Waals surface area contributed by atoms with E-state index in [1.54, 1.807) is 20.3 Å². The average molecular weight is 442 g/mol. The van der Waals surface area contributed by atoms with Crippen molar-refractivity contribution in [1.82, 2.24) is 9.80 Å². The first-order valence-electron chi connectivity index (χ1n) is 10.3. The van der Waals surface area contributed by atoms with E-state index in [0.29, 0.717) is 24.4 Å². The molecule has 0 aliphatic carbocycles. The lowest BCUT2D eigenvalue weighted by Crippen LogP contribution is -2.54. The molecule has 164 valence electrons. The minimum atomic E-state index is -0.253. The smallest absolute Gasteiger partial charge is 0.321 e. The number of benzene rings is 2. The number of methoxy groups -OCH3 is 2. The first kappa shape index (κ1) is 21.4. The number of carbonyl (C=O) groups excluding carboxylic acids is 2. The molecule has 0 aromatic heterocycles. The molecule has 1 spiro atoms. The fourth-order valence-corrected chi connectivity index (χ4v) is 5.61. The van der Waals surface area contributed by atoms with Gasteiger partial charge in [-0.1, -0.05) is 6.07 Å². The van der Waals surface area contributed by atoms with E-state index < -0.39 is 0 Å². The van der Waals surface area contributed by atoms with Gasteiger partial charge in [0, 0.05) is 36.6 Å². The zero-order valence-electron chi connectivity index (χ0n) is 17.8. The van der Waals surface area contributed by atoms with Crippen molar-refractivity contribution >= 4 is 29.4 Å². The van der Waals surface area contributed by atoms with Crippen LogP contribution in [0.5, 0.6) is 11.5 Å². The number of urea groups is 1. The number of hydrogen-bond acceptors (Lipinski definition) is 5. The molecule has 2 aromatic rings. The molecule has 2 saturated heterocycles. The highest BCUT2D eigenvalue weighted by Crippen LogP contribution is 2.44. The van der Waals surface area contributed by atoms with Crippen LogP contribution in [0.4, 0.5) is 10.5 Å². The molecule has 2 aromatic carbocycles. The molecule has 31 heavy (non-hydrogen) atoms. The molecule has 4 rings (SSSR count). The first-order chi connectivity index (χ1) is 15.0. The molecule has 0 bridgehead atoms. The van der Waals surface area contributed by atoms with Gasteiger partial charge in [0.1, 0.15) is 11.5 Å². The monoisotopic (exact) mass is 441 g/mol. The summed E-state index contributed by atoms with van der Waals surface area (Å²) in [5, 5.41) is 2.94. The van der Waals surface area contributed by atoms with Gasteiger partial charge in [0.05, 0.1) is 19.1 Å². The van der Waals surface area contributed by atoms with Crippen molar-refractivity contribution in [3.63, 3.8) is 0 Å². The Kier molecular flexibility index (Phi) is 6.27. The highest BCUT2D eigenvalue weighted by Gasteiger charge is 2.47. The second-order valence-corrected chi connectivity index (χ2v) is 9.09. The van der Waals surface area contributed by atoms with E-state index in [1.807, 2.05) is 64.0 Å². The number of nitrogens with one attached hydrogen (secondary N) is 1. The maximum absolute atomic E-state index is 13.3. The average Bonchev–Trinajstić information content (AvgIpc) is 3.22. The topological polar surface area (TPSA) is 71.1 Å². The lowest BCUT2D eigenvalue weighted by molar-refractivity contribution is 0.0585. The zero-order chi connectivity index (χ0) is 21.8. The van der Waals surface area contributed by atoms with Crippen LogP contribution < -0.4 is 14.8 Å². The van der Waals surface area contributed by atoms with Gasteiger partial charge in [0.15, 0.2) is 0 Å². The Hall–Kier alpha value is -2.87. The highest BCUT2D eigenvalue weighted by molar-refractivity contribution is 8.00. The van der Waals surface area contributed by atoms with Gasteiger partial charge < -0.3 is 24.6 Å². The predicted molar refractivity (Wildman–Crippen MR) is 122 cm³/mol. The third-order valence-corrected chi connectivity index (χ3v) is 7.47. The normalized spacial score (nSPS) is 17.5. The summed E-state index contributed by atoms with van der Waals surface area (Å²) in [7, 11) is 3.21. The summed E-state index contributed by atoms with van der Waals surface area (Å²) in [6.07, 6.45) is 1.51. The quantitative estimate of drug-likeness (QED) is 0.779. The lowest BCUT2D eigenvalue weighted by atomic mass is 10.0. The van der Waals surface area contributed by atoms with Gasteiger partial charge in [-0.05, 0) is 55.3 Å². The van der Waals surface area contributed by atoms with Crippen molar-refractivity contribution in [3.05, 3.63) is 54.1 Å². The number of rotatable bonds is 4. The first-order valence-corrected chi connectivity index (χ1v) is 11.3. The van der Waals surface area contributed by atoms with E-state index >= 15 is 0 Å². The van der Waals surface area contributed by atoms with Crippen molar-refractivity contribution in [1.29, 1.82) is 0 Å². The summed E-state index contributed by atoms with van der Waals surface area (Å²) >= 11 is 1.83. The number of anilines is 1. The Bertz CT molecular complexity index is 942. The van der Waals surface area contributed by atoms with Gasteiger partial charge in [-0.2, -0.15) is 0 Å². The summed E-state index contributed by atoms with van der Waals surface area (Å²) in [6.45, 7) is 1.94. The van der Waals surface area contributed by atoms with Gasteiger partial charge in [0.2, 0.25) is 0 Å². The molecule has 2 heterocycles. The molecule has 7 nitrogen and oxygen atoms in total. The summed E-state index contributed by atoms with van der Waals surface area (Å²) in [5.41, 5.74) is 1.37. The highest BCUT2D eigenvalue weighted by atomic mass is 32.2. The standard InChI is InChI=1S/C23H27N3O4S/c1-29-19-8-6-18(7-9-19)24-22(28)25-12-10-23(11-13-25)26(14-15-31-23)21(27)17-4-3-5-20(16-17)30-2/h3-9,16H,10-15H2,1-2H3,(H,24,28).